The van der Waals surface area contributed by atoms with Gasteiger partial charge in [0.15, 0.2) is 0 Å². The van der Waals surface area contributed by atoms with E-state index in [4.69, 9.17) is 5.73 Å². The van der Waals surface area contributed by atoms with Crippen LogP contribution in [0.2, 0.25) is 0 Å². The Balaban J connectivity index is 1.99. The van der Waals surface area contributed by atoms with Gasteiger partial charge in [-0.25, -0.2) is 0 Å². The number of aryl methyl sites for hydroxylation is 2. The third kappa shape index (κ3) is 3.73. The lowest BCUT2D eigenvalue weighted by atomic mass is 9.96. The molecule has 2 saturated carbocycles. The lowest BCUT2D eigenvalue weighted by molar-refractivity contribution is 0.511. The van der Waals surface area contributed by atoms with Gasteiger partial charge in [-0.2, -0.15) is 0 Å². The molecule has 1 aromatic rings. The monoisotopic (exact) mass is 328 g/mol. The van der Waals surface area contributed by atoms with Crippen LogP contribution in [0, 0.1) is 0 Å². The number of hydrogen-bond acceptors (Lipinski definition) is 2. The van der Waals surface area contributed by atoms with E-state index >= 15 is 0 Å². The molecule has 2 aliphatic rings. The number of nitrogens with two attached hydrogens (primary N) is 1. The van der Waals surface area contributed by atoms with Crippen molar-refractivity contribution < 1.29 is 0 Å². The summed E-state index contributed by atoms with van der Waals surface area (Å²) in [7, 11) is 0. The zero-order chi connectivity index (χ0) is 16.9. The quantitative estimate of drug-likeness (QED) is 0.635. The minimum Gasteiger partial charge on any atom is -0.398 e. The normalized spacial score (nSPS) is 19.2. The molecule has 2 nitrogen and oxygen atoms in total. The SMILES string of the molecule is CCCc1cc(CCC)c(N(C2CCCC2)C2CCCC2)cc1N. The van der Waals surface area contributed by atoms with Crippen LogP contribution in [0.4, 0.5) is 11.4 Å². The molecule has 0 spiro atoms. The fraction of sp³-hybridized carbons (Fsp3) is 0.727. The van der Waals surface area contributed by atoms with Crippen LogP contribution in [0.25, 0.3) is 0 Å². The van der Waals surface area contributed by atoms with Crippen molar-refractivity contribution in [1.82, 2.24) is 0 Å². The van der Waals surface area contributed by atoms with Crippen LogP contribution in [0.15, 0.2) is 12.1 Å². The van der Waals surface area contributed by atoms with E-state index in [-0.39, 0.29) is 0 Å². The smallest absolute Gasteiger partial charge is 0.0424 e. The molecule has 0 saturated heterocycles. The van der Waals surface area contributed by atoms with E-state index in [0.717, 1.165) is 24.2 Å². The minimum atomic E-state index is 0.750. The van der Waals surface area contributed by atoms with E-state index in [1.165, 1.54) is 81.9 Å². The second kappa shape index (κ2) is 8.27. The molecule has 0 amide bonds. The average Bonchev–Trinajstić information content (AvgIpc) is 3.26. The van der Waals surface area contributed by atoms with Crippen molar-refractivity contribution >= 4 is 11.4 Å². The first-order valence-electron chi connectivity index (χ1n) is 10.4. The van der Waals surface area contributed by atoms with E-state index < -0.39 is 0 Å². The van der Waals surface area contributed by atoms with Crippen molar-refractivity contribution in [2.45, 2.75) is 103 Å². The summed E-state index contributed by atoms with van der Waals surface area (Å²) in [6.45, 7) is 4.55. The van der Waals surface area contributed by atoms with Gasteiger partial charge in [-0.15, -0.1) is 0 Å². The molecule has 2 aliphatic carbocycles. The van der Waals surface area contributed by atoms with Gasteiger partial charge in [-0.05, 0) is 55.7 Å². The van der Waals surface area contributed by atoms with Gasteiger partial charge in [-0.1, -0.05) is 58.4 Å². The Hall–Kier alpha value is -1.18. The molecule has 1 aromatic carbocycles. The van der Waals surface area contributed by atoms with Gasteiger partial charge in [0.05, 0.1) is 0 Å². The molecule has 2 heteroatoms. The van der Waals surface area contributed by atoms with Crippen molar-refractivity contribution in [3.05, 3.63) is 23.3 Å². The summed E-state index contributed by atoms with van der Waals surface area (Å²) in [5.41, 5.74) is 11.9. The Labute approximate surface area is 148 Å². The van der Waals surface area contributed by atoms with Gasteiger partial charge in [-0.3, -0.25) is 0 Å². The molecule has 0 unspecified atom stereocenters. The molecule has 0 bridgehead atoms. The first-order valence-corrected chi connectivity index (χ1v) is 10.4. The Morgan fingerprint density at radius 2 is 1.33 bits per heavy atom. The highest BCUT2D eigenvalue weighted by Gasteiger charge is 2.32. The summed E-state index contributed by atoms with van der Waals surface area (Å²) in [5.74, 6) is 0. The summed E-state index contributed by atoms with van der Waals surface area (Å²) < 4.78 is 0. The standard InChI is InChI=1S/C22H36N2/c1-3-9-17-15-18(10-4-2)22(16-21(17)23)24(19-11-5-6-12-19)20-13-7-8-14-20/h15-16,19-20H,3-14,23H2,1-2H3. The predicted octanol–water partition coefficient (Wildman–Crippen LogP) is 5.87. The van der Waals surface area contributed by atoms with Crippen molar-refractivity contribution in [1.29, 1.82) is 0 Å². The number of anilines is 2. The topological polar surface area (TPSA) is 29.3 Å². The second-order valence-corrected chi connectivity index (χ2v) is 7.96. The summed E-state index contributed by atoms with van der Waals surface area (Å²) in [5, 5.41) is 0. The van der Waals surface area contributed by atoms with Crippen molar-refractivity contribution in [3.63, 3.8) is 0 Å². The molecular formula is C22H36N2. The van der Waals surface area contributed by atoms with Gasteiger partial charge in [0.25, 0.3) is 0 Å². The van der Waals surface area contributed by atoms with E-state index in [9.17, 15) is 0 Å². The highest BCUT2D eigenvalue weighted by atomic mass is 15.2. The molecule has 2 fully saturated rings. The van der Waals surface area contributed by atoms with Crippen LogP contribution < -0.4 is 10.6 Å². The van der Waals surface area contributed by atoms with Crippen molar-refractivity contribution in [2.75, 3.05) is 10.6 Å². The first-order chi connectivity index (χ1) is 11.7. The van der Waals surface area contributed by atoms with Gasteiger partial charge in [0, 0.05) is 23.5 Å². The van der Waals surface area contributed by atoms with Crippen LogP contribution in [-0.2, 0) is 12.8 Å². The molecule has 3 rings (SSSR count). The summed E-state index contributed by atoms with van der Waals surface area (Å²) in [6.07, 6.45) is 15.8. The molecule has 24 heavy (non-hydrogen) atoms. The molecular weight excluding hydrogens is 292 g/mol. The van der Waals surface area contributed by atoms with Crippen LogP contribution in [0.3, 0.4) is 0 Å². The van der Waals surface area contributed by atoms with Crippen LogP contribution >= 0.6 is 0 Å². The zero-order valence-corrected chi connectivity index (χ0v) is 15.8. The van der Waals surface area contributed by atoms with E-state index in [1.54, 1.807) is 5.56 Å². The lowest BCUT2D eigenvalue weighted by Gasteiger charge is -2.38. The Morgan fingerprint density at radius 1 is 0.833 bits per heavy atom. The molecule has 134 valence electrons. The minimum absolute atomic E-state index is 0.750. The third-order valence-corrected chi connectivity index (χ3v) is 6.09. The van der Waals surface area contributed by atoms with Crippen LogP contribution in [-0.4, -0.2) is 12.1 Å². The number of benzene rings is 1. The number of nitrogens with zero attached hydrogens (tertiary/aromatic N) is 1. The number of rotatable bonds is 7. The fourth-order valence-electron chi connectivity index (χ4n) is 4.95. The van der Waals surface area contributed by atoms with Gasteiger partial charge >= 0.3 is 0 Å². The maximum Gasteiger partial charge on any atom is 0.0424 e. The van der Waals surface area contributed by atoms with E-state index in [2.05, 4.69) is 30.9 Å². The Bertz CT molecular complexity index is 509. The third-order valence-electron chi connectivity index (χ3n) is 6.09. The number of hydrogen-bond donors (Lipinski definition) is 1. The van der Waals surface area contributed by atoms with Crippen molar-refractivity contribution in [3.8, 4) is 0 Å². The number of nitrogen functional groups attached to an aromatic ring is 1. The largest absolute Gasteiger partial charge is 0.398 e. The summed E-state index contributed by atoms with van der Waals surface area (Å²) >= 11 is 0. The average molecular weight is 329 g/mol. The second-order valence-electron chi connectivity index (χ2n) is 7.96. The molecule has 2 N–H and O–H groups in total. The van der Waals surface area contributed by atoms with Crippen LogP contribution in [0.1, 0.15) is 89.2 Å². The van der Waals surface area contributed by atoms with Gasteiger partial charge in [0.2, 0.25) is 0 Å². The highest BCUT2D eigenvalue weighted by molar-refractivity contribution is 5.66. The first kappa shape index (κ1) is 17.6. The highest BCUT2D eigenvalue weighted by Crippen LogP contribution is 2.39. The predicted molar refractivity (Wildman–Crippen MR) is 106 cm³/mol. The molecule has 0 aliphatic heterocycles. The Morgan fingerprint density at radius 3 is 1.83 bits per heavy atom. The summed E-state index contributed by atoms with van der Waals surface area (Å²) in [6, 6.07) is 6.28. The van der Waals surface area contributed by atoms with Crippen molar-refractivity contribution in [2.24, 2.45) is 0 Å². The zero-order valence-electron chi connectivity index (χ0n) is 15.8. The van der Waals surface area contributed by atoms with Gasteiger partial charge in [0.1, 0.15) is 0 Å². The summed E-state index contributed by atoms with van der Waals surface area (Å²) in [4.78, 5) is 2.83. The molecule has 0 atom stereocenters. The van der Waals surface area contributed by atoms with Crippen LogP contribution in [0.5, 0.6) is 0 Å². The maximum absolute atomic E-state index is 6.48. The molecule has 0 heterocycles. The fourth-order valence-corrected chi connectivity index (χ4v) is 4.95. The van der Waals surface area contributed by atoms with E-state index in [0.29, 0.717) is 0 Å². The molecule has 0 aromatic heterocycles. The molecule has 0 radical (unpaired) electrons. The maximum atomic E-state index is 6.48. The van der Waals surface area contributed by atoms with E-state index in [1.807, 2.05) is 0 Å². The lowest BCUT2D eigenvalue weighted by Crippen LogP contribution is -2.41. The Kier molecular flexibility index (Phi) is 6.08. The van der Waals surface area contributed by atoms with Gasteiger partial charge < -0.3 is 10.6 Å².